The molecule has 1 aromatic rings. The van der Waals surface area contributed by atoms with E-state index in [0.717, 1.165) is 43.7 Å². The van der Waals surface area contributed by atoms with Crippen molar-refractivity contribution in [3.8, 4) is 0 Å². The first-order chi connectivity index (χ1) is 12.0. The van der Waals surface area contributed by atoms with Crippen LogP contribution in [-0.2, 0) is 29.0 Å². The Hall–Kier alpha value is -2.28. The van der Waals surface area contributed by atoms with Gasteiger partial charge in [-0.2, -0.15) is 0 Å². The average Bonchev–Trinajstić information content (AvgIpc) is 3.25. The molecule has 2 N–H and O–H groups in total. The molecule has 130 valence electrons. The van der Waals surface area contributed by atoms with E-state index in [9.17, 15) is 14.4 Å². The van der Waals surface area contributed by atoms with Gasteiger partial charge in [-0.05, 0) is 49.3 Å². The van der Waals surface area contributed by atoms with Crippen LogP contribution in [0.1, 0.15) is 46.6 Å². The van der Waals surface area contributed by atoms with Crippen LogP contribution < -0.4 is 10.6 Å². The summed E-state index contributed by atoms with van der Waals surface area (Å²) in [4.78, 5) is 42.7. The number of pyridine rings is 1. The average molecular weight is 340 g/mol. The van der Waals surface area contributed by atoms with E-state index in [-0.39, 0.29) is 29.6 Å². The van der Waals surface area contributed by atoms with Crippen molar-refractivity contribution in [1.82, 2.24) is 20.5 Å². The molecule has 2 atom stereocenters. The van der Waals surface area contributed by atoms with Crippen LogP contribution >= 0.6 is 0 Å². The maximum atomic E-state index is 12.8. The van der Waals surface area contributed by atoms with Gasteiger partial charge in [0.25, 0.3) is 5.91 Å². The van der Waals surface area contributed by atoms with Gasteiger partial charge in [-0.3, -0.25) is 24.7 Å². The number of nitrogens with one attached hydrogen (secondary N) is 2. The zero-order chi connectivity index (χ0) is 17.2. The molecule has 4 aliphatic rings. The molecule has 1 aromatic heterocycles. The van der Waals surface area contributed by atoms with Crippen molar-refractivity contribution in [3.05, 3.63) is 28.6 Å². The van der Waals surface area contributed by atoms with Crippen LogP contribution in [0.15, 0.2) is 6.07 Å². The number of aromatic nitrogens is 1. The fraction of sp³-hybridized carbons (Fsp3) is 0.556. The molecule has 0 saturated carbocycles. The molecule has 7 heteroatoms. The SMILES string of the molecule is O=C1CCC(N2Cc3nc4c(cc3C2=O)C[C@]2(CCNC2)C4)C(=O)N1. The molecule has 1 aliphatic carbocycles. The number of carbonyl (C=O) groups is 3. The fourth-order valence-electron chi connectivity index (χ4n) is 4.79. The summed E-state index contributed by atoms with van der Waals surface area (Å²) in [5.41, 5.74) is 3.97. The van der Waals surface area contributed by atoms with Gasteiger partial charge in [0.05, 0.1) is 17.8 Å². The maximum absolute atomic E-state index is 12.8. The van der Waals surface area contributed by atoms with Gasteiger partial charge in [-0.1, -0.05) is 0 Å². The van der Waals surface area contributed by atoms with E-state index < -0.39 is 6.04 Å². The first-order valence-electron chi connectivity index (χ1n) is 8.92. The van der Waals surface area contributed by atoms with Crippen molar-refractivity contribution in [2.45, 2.75) is 44.7 Å². The summed E-state index contributed by atoms with van der Waals surface area (Å²) in [7, 11) is 0. The molecule has 5 rings (SSSR count). The Morgan fingerprint density at radius 1 is 1.20 bits per heavy atom. The summed E-state index contributed by atoms with van der Waals surface area (Å²) in [6.07, 6.45) is 3.76. The Balaban J connectivity index is 1.42. The summed E-state index contributed by atoms with van der Waals surface area (Å²) < 4.78 is 0. The summed E-state index contributed by atoms with van der Waals surface area (Å²) in [5.74, 6) is -0.774. The highest BCUT2D eigenvalue weighted by molar-refractivity contribution is 6.05. The quantitative estimate of drug-likeness (QED) is 0.698. The van der Waals surface area contributed by atoms with E-state index in [0.29, 0.717) is 18.5 Å². The number of piperidine rings is 1. The van der Waals surface area contributed by atoms with Crippen LogP contribution in [0, 0.1) is 5.41 Å². The van der Waals surface area contributed by atoms with Gasteiger partial charge in [-0.15, -0.1) is 0 Å². The molecule has 1 spiro atoms. The van der Waals surface area contributed by atoms with Crippen molar-refractivity contribution < 1.29 is 14.4 Å². The number of fused-ring (bicyclic) bond motifs is 2. The lowest BCUT2D eigenvalue weighted by Crippen LogP contribution is -2.52. The minimum atomic E-state index is -0.570. The molecule has 1 unspecified atom stereocenters. The number of nitrogens with zero attached hydrogens (tertiary/aromatic N) is 2. The van der Waals surface area contributed by atoms with Gasteiger partial charge in [-0.25, -0.2) is 0 Å². The van der Waals surface area contributed by atoms with Crippen LogP contribution in [-0.4, -0.2) is 46.7 Å². The summed E-state index contributed by atoms with van der Waals surface area (Å²) in [5, 5.41) is 5.77. The second-order valence-electron chi connectivity index (χ2n) is 7.77. The Morgan fingerprint density at radius 3 is 2.84 bits per heavy atom. The van der Waals surface area contributed by atoms with Crippen molar-refractivity contribution in [2.24, 2.45) is 5.41 Å². The van der Waals surface area contributed by atoms with Crippen LogP contribution in [0.5, 0.6) is 0 Å². The Kier molecular flexibility index (Phi) is 3.07. The molecule has 2 fully saturated rings. The first kappa shape index (κ1) is 15.0. The number of carbonyl (C=O) groups excluding carboxylic acids is 3. The third-order valence-corrected chi connectivity index (χ3v) is 6.11. The standard InChI is InChI=1S/C18H20N4O3/c23-15-2-1-14(16(24)21-15)22-8-13-11(17(22)25)5-10-6-18(3-4-19-9-18)7-12(10)20-13/h5,14,19H,1-4,6-9H2,(H,21,23,24)/t14?,18-/m1/s1. The summed E-state index contributed by atoms with van der Waals surface area (Å²) >= 11 is 0. The highest BCUT2D eigenvalue weighted by atomic mass is 16.2. The molecule has 0 bridgehead atoms. The molecule has 25 heavy (non-hydrogen) atoms. The highest BCUT2D eigenvalue weighted by Gasteiger charge is 2.44. The first-order valence-corrected chi connectivity index (χ1v) is 8.92. The largest absolute Gasteiger partial charge is 0.321 e. The second-order valence-corrected chi connectivity index (χ2v) is 7.77. The molecule has 0 aromatic carbocycles. The summed E-state index contributed by atoms with van der Waals surface area (Å²) in [6, 6.07) is 1.43. The van der Waals surface area contributed by atoms with E-state index in [4.69, 9.17) is 4.98 Å². The van der Waals surface area contributed by atoms with Gasteiger partial charge in [0.1, 0.15) is 6.04 Å². The molecular formula is C18H20N4O3. The van der Waals surface area contributed by atoms with E-state index in [1.54, 1.807) is 4.90 Å². The van der Waals surface area contributed by atoms with Gasteiger partial charge in [0, 0.05) is 18.7 Å². The lowest BCUT2D eigenvalue weighted by Gasteiger charge is -2.29. The van der Waals surface area contributed by atoms with Gasteiger partial charge >= 0.3 is 0 Å². The molecule has 4 heterocycles. The van der Waals surface area contributed by atoms with Gasteiger partial charge in [0.15, 0.2) is 0 Å². The van der Waals surface area contributed by atoms with Crippen LogP contribution in [0.2, 0.25) is 0 Å². The number of imide groups is 1. The normalized spacial score (nSPS) is 30.8. The monoisotopic (exact) mass is 340 g/mol. The topological polar surface area (TPSA) is 91.4 Å². The van der Waals surface area contributed by atoms with E-state index in [1.165, 1.54) is 5.56 Å². The van der Waals surface area contributed by atoms with Crippen molar-refractivity contribution in [3.63, 3.8) is 0 Å². The lowest BCUT2D eigenvalue weighted by atomic mass is 9.84. The third-order valence-electron chi connectivity index (χ3n) is 6.11. The predicted molar refractivity (Wildman–Crippen MR) is 87.6 cm³/mol. The minimum absolute atomic E-state index is 0.134. The molecule has 3 amide bonds. The minimum Gasteiger partial charge on any atom is -0.321 e. The van der Waals surface area contributed by atoms with Crippen molar-refractivity contribution in [1.29, 1.82) is 0 Å². The Labute approximate surface area is 145 Å². The van der Waals surface area contributed by atoms with Crippen molar-refractivity contribution >= 4 is 17.7 Å². The number of amides is 3. The van der Waals surface area contributed by atoms with Gasteiger partial charge in [0.2, 0.25) is 11.8 Å². The van der Waals surface area contributed by atoms with Crippen LogP contribution in [0.3, 0.4) is 0 Å². The number of rotatable bonds is 1. The Morgan fingerprint density at radius 2 is 2.08 bits per heavy atom. The number of hydrogen-bond acceptors (Lipinski definition) is 5. The fourth-order valence-corrected chi connectivity index (χ4v) is 4.79. The van der Waals surface area contributed by atoms with Crippen LogP contribution in [0.25, 0.3) is 0 Å². The molecule has 3 aliphatic heterocycles. The number of hydrogen-bond donors (Lipinski definition) is 2. The zero-order valence-corrected chi connectivity index (χ0v) is 13.9. The van der Waals surface area contributed by atoms with E-state index >= 15 is 0 Å². The second kappa shape index (κ2) is 5.11. The zero-order valence-electron chi connectivity index (χ0n) is 13.9. The van der Waals surface area contributed by atoms with Gasteiger partial charge < -0.3 is 10.2 Å². The molecular weight excluding hydrogens is 320 g/mol. The molecule has 0 radical (unpaired) electrons. The predicted octanol–water partition coefficient (Wildman–Crippen LogP) is -0.0791. The molecule has 7 nitrogen and oxygen atoms in total. The smallest absolute Gasteiger partial charge is 0.256 e. The maximum Gasteiger partial charge on any atom is 0.256 e. The summed E-state index contributed by atoms with van der Waals surface area (Å²) in [6.45, 7) is 2.43. The third kappa shape index (κ3) is 2.22. The highest BCUT2D eigenvalue weighted by Crippen LogP contribution is 2.42. The van der Waals surface area contributed by atoms with Crippen molar-refractivity contribution in [2.75, 3.05) is 13.1 Å². The molecule has 2 saturated heterocycles. The van der Waals surface area contributed by atoms with E-state index in [2.05, 4.69) is 10.6 Å². The Bertz CT molecular complexity index is 813. The lowest BCUT2D eigenvalue weighted by molar-refractivity contribution is -0.136. The van der Waals surface area contributed by atoms with E-state index in [1.807, 2.05) is 6.07 Å². The van der Waals surface area contributed by atoms with Crippen LogP contribution in [0.4, 0.5) is 0 Å².